The van der Waals surface area contributed by atoms with Crippen LogP contribution in [-0.2, 0) is 14.4 Å². The fourth-order valence-electron chi connectivity index (χ4n) is 5.26. The Morgan fingerprint density at radius 2 is 1.64 bits per heavy atom. The van der Waals surface area contributed by atoms with Crippen molar-refractivity contribution >= 4 is 46.7 Å². The first-order valence-electron chi connectivity index (χ1n) is 15.0. The number of carboxylic acid groups (broad SMARTS) is 1. The van der Waals surface area contributed by atoms with Crippen molar-refractivity contribution < 1.29 is 24.3 Å². The SMILES string of the molecule is CCN(CC)CCNC(=O)c1c(C)[nH]c(/C=C2\C(=O)Nc3ccc(NC(=O)CCCCCCCCC(=O)O)cc32)c1C. The number of aliphatic carboxylic acids is 1. The molecule has 0 saturated heterocycles. The van der Waals surface area contributed by atoms with Crippen LogP contribution in [0.1, 0.15) is 98.1 Å². The fraction of sp³-hybridized carbons (Fsp3) is 0.500. The van der Waals surface area contributed by atoms with Gasteiger partial charge in [-0.1, -0.05) is 39.5 Å². The second-order valence-corrected chi connectivity index (χ2v) is 10.8. The first-order chi connectivity index (χ1) is 20.1. The van der Waals surface area contributed by atoms with Crippen LogP contribution < -0.4 is 16.0 Å². The number of benzene rings is 1. The lowest BCUT2D eigenvalue weighted by Gasteiger charge is -2.18. The number of amides is 3. The number of aromatic nitrogens is 1. The molecule has 1 aromatic carbocycles. The zero-order valence-corrected chi connectivity index (χ0v) is 25.3. The van der Waals surface area contributed by atoms with E-state index in [-0.39, 0.29) is 24.1 Å². The van der Waals surface area contributed by atoms with Gasteiger partial charge in [0, 0.05) is 54.3 Å². The Kier molecular flexibility index (Phi) is 12.3. The summed E-state index contributed by atoms with van der Waals surface area (Å²) in [7, 11) is 0. The largest absolute Gasteiger partial charge is 0.481 e. The molecule has 2 heterocycles. The molecule has 10 nitrogen and oxygen atoms in total. The summed E-state index contributed by atoms with van der Waals surface area (Å²) in [6, 6.07) is 5.35. The first-order valence-corrected chi connectivity index (χ1v) is 15.0. The standard InChI is InChI=1S/C32H45N5O5/c1-5-37(6-2)18-17-33-32(42)30-21(3)27(34-22(30)4)20-25-24-19-23(15-16-26(24)36-31(25)41)35-28(38)13-11-9-7-8-10-12-14-29(39)40/h15-16,19-20,34H,5-14,17-18H2,1-4H3,(H,33,42)(H,35,38)(H,36,41)(H,39,40)/b25-20-. The van der Waals surface area contributed by atoms with Gasteiger partial charge in [0.25, 0.3) is 11.8 Å². The van der Waals surface area contributed by atoms with E-state index in [1.165, 1.54) is 0 Å². The van der Waals surface area contributed by atoms with Crippen molar-refractivity contribution in [1.29, 1.82) is 0 Å². The monoisotopic (exact) mass is 579 g/mol. The van der Waals surface area contributed by atoms with Gasteiger partial charge >= 0.3 is 5.97 Å². The van der Waals surface area contributed by atoms with Crippen LogP contribution >= 0.6 is 0 Å². The Balaban J connectivity index is 1.61. The number of aromatic amines is 1. The predicted octanol–water partition coefficient (Wildman–Crippen LogP) is 5.34. The van der Waals surface area contributed by atoms with Crippen LogP contribution in [0.4, 0.5) is 11.4 Å². The predicted molar refractivity (Wildman–Crippen MR) is 167 cm³/mol. The van der Waals surface area contributed by atoms with E-state index in [0.717, 1.165) is 63.0 Å². The molecular weight excluding hydrogens is 534 g/mol. The third-order valence-corrected chi connectivity index (χ3v) is 7.73. The average Bonchev–Trinajstić information content (AvgIpc) is 3.41. The lowest BCUT2D eigenvalue weighted by Crippen LogP contribution is -2.35. The van der Waals surface area contributed by atoms with Crippen LogP contribution in [0.3, 0.4) is 0 Å². The molecule has 1 aromatic heterocycles. The molecule has 0 unspecified atom stereocenters. The van der Waals surface area contributed by atoms with E-state index in [1.807, 2.05) is 13.8 Å². The third-order valence-electron chi connectivity index (χ3n) is 7.73. The molecule has 0 bridgehead atoms. The first kappa shape index (κ1) is 32.6. The van der Waals surface area contributed by atoms with Crippen LogP contribution in [0.2, 0.25) is 0 Å². The smallest absolute Gasteiger partial charge is 0.303 e. The van der Waals surface area contributed by atoms with Gasteiger partial charge in [0.2, 0.25) is 5.91 Å². The van der Waals surface area contributed by atoms with Crippen LogP contribution in [0.25, 0.3) is 11.6 Å². The van der Waals surface area contributed by atoms with Crippen molar-refractivity contribution in [2.45, 2.75) is 79.1 Å². The summed E-state index contributed by atoms with van der Waals surface area (Å²) >= 11 is 0. The highest BCUT2D eigenvalue weighted by Crippen LogP contribution is 2.36. The Labute approximate surface area is 248 Å². The van der Waals surface area contributed by atoms with Gasteiger partial charge in [-0.15, -0.1) is 0 Å². The Bertz CT molecular complexity index is 1310. The van der Waals surface area contributed by atoms with Gasteiger partial charge in [0.1, 0.15) is 0 Å². The van der Waals surface area contributed by atoms with Gasteiger partial charge in [0.15, 0.2) is 0 Å². The summed E-state index contributed by atoms with van der Waals surface area (Å²) in [6.07, 6.45) is 7.58. The van der Waals surface area contributed by atoms with Crippen LogP contribution in [0.5, 0.6) is 0 Å². The van der Waals surface area contributed by atoms with Crippen molar-refractivity contribution in [2.75, 3.05) is 36.8 Å². The van der Waals surface area contributed by atoms with Gasteiger partial charge in [-0.2, -0.15) is 0 Å². The number of anilines is 2. The summed E-state index contributed by atoms with van der Waals surface area (Å²) in [5.74, 6) is -1.23. The van der Waals surface area contributed by atoms with E-state index in [2.05, 4.69) is 39.7 Å². The lowest BCUT2D eigenvalue weighted by molar-refractivity contribution is -0.137. The molecule has 228 valence electrons. The quantitative estimate of drug-likeness (QED) is 0.126. The second kappa shape index (κ2) is 15.9. The molecule has 0 radical (unpaired) electrons. The van der Waals surface area contributed by atoms with Crippen LogP contribution in [0, 0.1) is 13.8 Å². The molecule has 0 aliphatic carbocycles. The van der Waals surface area contributed by atoms with Gasteiger partial charge in [0.05, 0.1) is 11.1 Å². The molecule has 2 aromatic rings. The van der Waals surface area contributed by atoms with Crippen molar-refractivity contribution in [3.63, 3.8) is 0 Å². The van der Waals surface area contributed by atoms with Crippen molar-refractivity contribution in [1.82, 2.24) is 15.2 Å². The number of hydrogen-bond donors (Lipinski definition) is 5. The normalized spacial score (nSPS) is 13.4. The zero-order chi connectivity index (χ0) is 30.6. The van der Waals surface area contributed by atoms with E-state index in [1.54, 1.807) is 24.3 Å². The van der Waals surface area contributed by atoms with Crippen molar-refractivity contribution in [3.05, 3.63) is 46.3 Å². The number of hydrogen-bond acceptors (Lipinski definition) is 5. The van der Waals surface area contributed by atoms with E-state index in [9.17, 15) is 19.2 Å². The average molecular weight is 580 g/mol. The van der Waals surface area contributed by atoms with E-state index in [4.69, 9.17) is 5.11 Å². The van der Waals surface area contributed by atoms with Gasteiger partial charge < -0.3 is 30.9 Å². The number of fused-ring (bicyclic) bond motifs is 1. The topological polar surface area (TPSA) is 144 Å². The maximum absolute atomic E-state index is 13.0. The molecule has 0 spiro atoms. The molecule has 5 N–H and O–H groups in total. The van der Waals surface area contributed by atoms with Gasteiger partial charge in [-0.05, 0) is 69.6 Å². The van der Waals surface area contributed by atoms with Gasteiger partial charge in [-0.25, -0.2) is 0 Å². The number of likely N-dealkylation sites (N-methyl/N-ethyl adjacent to an activating group) is 1. The summed E-state index contributed by atoms with van der Waals surface area (Å²) in [5.41, 5.74) is 5.22. The Hall–Kier alpha value is -3.92. The lowest BCUT2D eigenvalue weighted by atomic mass is 10.0. The minimum absolute atomic E-state index is 0.0869. The van der Waals surface area contributed by atoms with Crippen molar-refractivity contribution in [2.24, 2.45) is 0 Å². The maximum atomic E-state index is 13.0. The molecule has 3 rings (SSSR count). The van der Waals surface area contributed by atoms with Crippen LogP contribution in [-0.4, -0.2) is 64.9 Å². The van der Waals surface area contributed by atoms with E-state index in [0.29, 0.717) is 53.2 Å². The van der Waals surface area contributed by atoms with E-state index >= 15 is 0 Å². The Morgan fingerprint density at radius 1 is 0.976 bits per heavy atom. The fourth-order valence-corrected chi connectivity index (χ4v) is 5.26. The second-order valence-electron chi connectivity index (χ2n) is 10.8. The minimum atomic E-state index is -0.758. The number of rotatable bonds is 17. The summed E-state index contributed by atoms with van der Waals surface area (Å²) in [4.78, 5) is 54.5. The van der Waals surface area contributed by atoms with Gasteiger partial charge in [-0.3, -0.25) is 19.2 Å². The zero-order valence-electron chi connectivity index (χ0n) is 25.3. The molecule has 10 heteroatoms. The molecule has 42 heavy (non-hydrogen) atoms. The summed E-state index contributed by atoms with van der Waals surface area (Å²) < 4.78 is 0. The highest BCUT2D eigenvalue weighted by molar-refractivity contribution is 6.35. The summed E-state index contributed by atoms with van der Waals surface area (Å²) in [6.45, 7) is 11.1. The van der Waals surface area contributed by atoms with E-state index < -0.39 is 5.97 Å². The number of carbonyl (C=O) groups is 4. The number of carbonyl (C=O) groups excluding carboxylic acids is 3. The maximum Gasteiger partial charge on any atom is 0.303 e. The molecule has 3 amide bonds. The highest BCUT2D eigenvalue weighted by atomic mass is 16.4. The molecule has 0 fully saturated rings. The number of nitrogens with zero attached hydrogens (tertiary/aromatic N) is 1. The molecule has 0 atom stereocenters. The minimum Gasteiger partial charge on any atom is -0.481 e. The van der Waals surface area contributed by atoms with Crippen LogP contribution in [0.15, 0.2) is 18.2 Å². The number of carboxylic acids is 1. The molecule has 1 aliphatic heterocycles. The highest BCUT2D eigenvalue weighted by Gasteiger charge is 2.26. The third kappa shape index (κ3) is 9.04. The number of H-pyrrole nitrogens is 1. The number of nitrogens with one attached hydrogen (secondary N) is 4. The Morgan fingerprint density at radius 3 is 2.31 bits per heavy atom. The molecular formula is C32H45N5O5. The molecule has 1 aliphatic rings. The number of unbranched alkanes of at least 4 members (excludes halogenated alkanes) is 5. The summed E-state index contributed by atoms with van der Waals surface area (Å²) in [5, 5.41) is 17.5. The van der Waals surface area contributed by atoms with Crippen molar-refractivity contribution in [3.8, 4) is 0 Å². The molecule has 0 saturated carbocycles. The number of aryl methyl sites for hydroxylation is 1.